The molecule has 0 heterocycles. The summed E-state index contributed by atoms with van der Waals surface area (Å²) in [6.45, 7) is 2.46. The molecule has 1 aromatic rings. The first-order chi connectivity index (χ1) is 7.15. The minimum absolute atomic E-state index is 0.409. The van der Waals surface area contributed by atoms with Gasteiger partial charge in [-0.15, -0.1) is 0 Å². The Morgan fingerprint density at radius 3 is 2.40 bits per heavy atom. The van der Waals surface area contributed by atoms with Crippen LogP contribution in [0.3, 0.4) is 0 Å². The van der Waals surface area contributed by atoms with Gasteiger partial charge in [0.15, 0.2) is 0 Å². The molecule has 4 heteroatoms. The van der Waals surface area contributed by atoms with E-state index in [-0.39, 0.29) is 0 Å². The minimum Gasteiger partial charge on any atom is -0.349 e. The average Bonchev–Trinajstić information content (AvgIpc) is 2.26. The molecule has 0 unspecified atom stereocenters. The Kier molecular flexibility index (Phi) is 4.49. The molecule has 1 aromatic carbocycles. The molecule has 80 valence electrons. The topological polar surface area (TPSA) is 46.2 Å². The molecule has 0 aromatic heterocycles. The molecule has 1 rings (SSSR count). The van der Waals surface area contributed by atoms with Crippen molar-refractivity contribution in [1.82, 2.24) is 5.32 Å². The summed E-state index contributed by atoms with van der Waals surface area (Å²) >= 11 is 3.26. The Bertz CT molecular complexity index is 359. The lowest BCUT2D eigenvalue weighted by atomic mass is 10.1. The van der Waals surface area contributed by atoms with Crippen LogP contribution in [0.4, 0.5) is 0 Å². The van der Waals surface area contributed by atoms with Gasteiger partial charge in [-0.1, -0.05) is 22.9 Å². The predicted octanol–water partition coefficient (Wildman–Crippen LogP) is 2.16. The van der Waals surface area contributed by atoms with E-state index in [0.29, 0.717) is 12.1 Å². The van der Waals surface area contributed by atoms with Gasteiger partial charge in [-0.3, -0.25) is 9.59 Å². The van der Waals surface area contributed by atoms with E-state index in [0.717, 1.165) is 10.9 Å². The molecule has 0 saturated heterocycles. The van der Waals surface area contributed by atoms with Gasteiger partial charge in [0.25, 0.3) is 5.91 Å². The van der Waals surface area contributed by atoms with Crippen LogP contribution in [0, 0.1) is 0 Å². The quantitative estimate of drug-likeness (QED) is 0.673. The molecule has 0 spiro atoms. The lowest BCUT2D eigenvalue weighted by Gasteiger charge is -2.02. The molecule has 0 atom stereocenters. The molecule has 0 aliphatic heterocycles. The maximum Gasteiger partial charge on any atom is 0.292 e. The van der Waals surface area contributed by atoms with E-state index in [4.69, 9.17) is 0 Å². The Balaban J connectivity index is 2.68. The van der Waals surface area contributed by atoms with Crippen molar-refractivity contribution in [2.45, 2.75) is 13.3 Å². The highest BCUT2D eigenvalue weighted by atomic mass is 79.9. The van der Waals surface area contributed by atoms with E-state index in [2.05, 4.69) is 21.2 Å². The van der Waals surface area contributed by atoms with Crippen LogP contribution < -0.4 is 5.32 Å². The third kappa shape index (κ3) is 3.47. The largest absolute Gasteiger partial charge is 0.349 e. The van der Waals surface area contributed by atoms with Crippen molar-refractivity contribution < 1.29 is 9.59 Å². The van der Waals surface area contributed by atoms with Crippen molar-refractivity contribution in [3.05, 3.63) is 34.3 Å². The van der Waals surface area contributed by atoms with Crippen molar-refractivity contribution in [3.63, 3.8) is 0 Å². The number of hydrogen-bond acceptors (Lipinski definition) is 2. The summed E-state index contributed by atoms with van der Waals surface area (Å²) in [5.74, 6) is -1.03. The van der Waals surface area contributed by atoms with Gasteiger partial charge in [0.2, 0.25) is 5.78 Å². The van der Waals surface area contributed by atoms with Gasteiger partial charge in [-0.2, -0.15) is 0 Å². The minimum atomic E-state index is -0.542. The SMILES string of the molecule is CCCNC(=O)C(=O)c1ccc(Br)cc1. The summed E-state index contributed by atoms with van der Waals surface area (Å²) in [5.41, 5.74) is 0.409. The summed E-state index contributed by atoms with van der Waals surface area (Å²) < 4.78 is 0.882. The second-order valence-electron chi connectivity index (χ2n) is 3.09. The number of amides is 1. The number of ketones is 1. The van der Waals surface area contributed by atoms with Crippen LogP contribution in [0.2, 0.25) is 0 Å². The molecule has 0 saturated carbocycles. The number of carbonyl (C=O) groups excluding carboxylic acids is 2. The Hall–Kier alpha value is -1.16. The van der Waals surface area contributed by atoms with Gasteiger partial charge < -0.3 is 5.32 Å². The van der Waals surface area contributed by atoms with Gasteiger partial charge in [-0.25, -0.2) is 0 Å². The van der Waals surface area contributed by atoms with Crippen molar-refractivity contribution in [2.24, 2.45) is 0 Å². The fraction of sp³-hybridized carbons (Fsp3) is 0.273. The fourth-order valence-electron chi connectivity index (χ4n) is 1.05. The van der Waals surface area contributed by atoms with E-state index in [1.807, 2.05) is 6.92 Å². The van der Waals surface area contributed by atoms with Crippen molar-refractivity contribution >= 4 is 27.6 Å². The molecule has 0 aliphatic rings. The van der Waals surface area contributed by atoms with Gasteiger partial charge in [-0.05, 0) is 30.7 Å². The zero-order valence-electron chi connectivity index (χ0n) is 8.42. The summed E-state index contributed by atoms with van der Waals surface area (Å²) in [4.78, 5) is 22.8. The monoisotopic (exact) mass is 269 g/mol. The number of rotatable bonds is 4. The normalized spacial score (nSPS) is 9.73. The number of carbonyl (C=O) groups is 2. The van der Waals surface area contributed by atoms with E-state index in [1.165, 1.54) is 0 Å². The van der Waals surface area contributed by atoms with Crippen LogP contribution in [0.1, 0.15) is 23.7 Å². The Labute approximate surface area is 97.0 Å². The molecule has 0 radical (unpaired) electrons. The smallest absolute Gasteiger partial charge is 0.292 e. The first-order valence-corrected chi connectivity index (χ1v) is 5.52. The number of halogens is 1. The van der Waals surface area contributed by atoms with Crippen LogP contribution in [-0.2, 0) is 4.79 Å². The molecular weight excluding hydrogens is 258 g/mol. The first-order valence-electron chi connectivity index (χ1n) is 4.73. The lowest BCUT2D eigenvalue weighted by molar-refractivity contribution is -0.116. The highest BCUT2D eigenvalue weighted by Gasteiger charge is 2.14. The van der Waals surface area contributed by atoms with E-state index >= 15 is 0 Å². The number of benzene rings is 1. The zero-order chi connectivity index (χ0) is 11.3. The van der Waals surface area contributed by atoms with E-state index in [9.17, 15) is 9.59 Å². The van der Waals surface area contributed by atoms with Crippen molar-refractivity contribution in [1.29, 1.82) is 0 Å². The molecular formula is C11H12BrNO2. The second kappa shape index (κ2) is 5.66. The summed E-state index contributed by atoms with van der Waals surface area (Å²) in [6.07, 6.45) is 0.819. The Morgan fingerprint density at radius 1 is 1.27 bits per heavy atom. The van der Waals surface area contributed by atoms with Crippen molar-refractivity contribution in [2.75, 3.05) is 6.54 Å². The molecule has 3 nitrogen and oxygen atoms in total. The van der Waals surface area contributed by atoms with Crippen LogP contribution >= 0.6 is 15.9 Å². The van der Waals surface area contributed by atoms with Crippen LogP contribution in [0.15, 0.2) is 28.7 Å². The van der Waals surface area contributed by atoms with E-state index < -0.39 is 11.7 Å². The molecule has 0 fully saturated rings. The van der Waals surface area contributed by atoms with Gasteiger partial charge in [0.1, 0.15) is 0 Å². The predicted molar refractivity (Wildman–Crippen MR) is 61.8 cm³/mol. The first kappa shape index (κ1) is 11.9. The number of hydrogen-bond donors (Lipinski definition) is 1. The third-order valence-electron chi connectivity index (χ3n) is 1.85. The number of Topliss-reactive ketones (excluding diaryl/α,β-unsaturated/α-hetero) is 1. The van der Waals surface area contributed by atoms with Gasteiger partial charge in [0.05, 0.1) is 0 Å². The molecule has 15 heavy (non-hydrogen) atoms. The maximum absolute atomic E-state index is 11.5. The summed E-state index contributed by atoms with van der Waals surface area (Å²) in [5, 5.41) is 2.54. The van der Waals surface area contributed by atoms with Gasteiger partial charge >= 0.3 is 0 Å². The highest BCUT2D eigenvalue weighted by molar-refractivity contribution is 9.10. The van der Waals surface area contributed by atoms with Crippen LogP contribution in [0.5, 0.6) is 0 Å². The third-order valence-corrected chi connectivity index (χ3v) is 2.38. The standard InChI is InChI=1S/C11H12BrNO2/c1-2-7-13-11(15)10(14)8-3-5-9(12)6-4-8/h3-6H,2,7H2,1H3,(H,13,15). The summed E-state index contributed by atoms with van der Waals surface area (Å²) in [6, 6.07) is 6.72. The second-order valence-corrected chi connectivity index (χ2v) is 4.01. The molecule has 0 bridgehead atoms. The fourth-order valence-corrected chi connectivity index (χ4v) is 1.32. The van der Waals surface area contributed by atoms with Gasteiger partial charge in [0, 0.05) is 16.6 Å². The number of nitrogens with one attached hydrogen (secondary N) is 1. The lowest BCUT2D eigenvalue weighted by Crippen LogP contribution is -2.31. The molecule has 1 N–H and O–H groups in total. The highest BCUT2D eigenvalue weighted by Crippen LogP contribution is 2.10. The van der Waals surface area contributed by atoms with Crippen LogP contribution in [0.25, 0.3) is 0 Å². The molecule has 1 amide bonds. The van der Waals surface area contributed by atoms with E-state index in [1.54, 1.807) is 24.3 Å². The summed E-state index contributed by atoms with van der Waals surface area (Å²) in [7, 11) is 0. The molecule has 0 aliphatic carbocycles. The zero-order valence-corrected chi connectivity index (χ0v) is 10.0. The maximum atomic E-state index is 11.5. The van der Waals surface area contributed by atoms with Crippen molar-refractivity contribution in [3.8, 4) is 0 Å². The van der Waals surface area contributed by atoms with Crippen LogP contribution in [-0.4, -0.2) is 18.2 Å². The Morgan fingerprint density at radius 2 is 1.87 bits per heavy atom. The average molecular weight is 270 g/mol.